The molecular weight excluding hydrogens is 537 g/mol. The van der Waals surface area contributed by atoms with Crippen molar-refractivity contribution in [1.82, 2.24) is 4.98 Å². The molecule has 0 saturated carbocycles. The summed E-state index contributed by atoms with van der Waals surface area (Å²) in [6, 6.07) is 11.2. The van der Waals surface area contributed by atoms with Crippen molar-refractivity contribution in [2.24, 2.45) is 9.98 Å². The molecule has 0 radical (unpaired) electrons. The van der Waals surface area contributed by atoms with Gasteiger partial charge in [-0.15, -0.1) is 0 Å². The Hall–Kier alpha value is -3.87. The molecule has 0 bridgehead atoms. The SMILES string of the molecule is O=[N+]([O-])c1ccc([O-])c(N=Cc2cccc(C=Nc3cc([N+](=O)[O-])ccc3[O-])n2)c1.[CH3][Sn+2][CH3]. The van der Waals surface area contributed by atoms with Gasteiger partial charge in [0.15, 0.2) is 0 Å². The molecule has 0 aliphatic rings. The molecule has 33 heavy (non-hydrogen) atoms. The summed E-state index contributed by atoms with van der Waals surface area (Å²) in [7, 11) is 0. The Bertz CT molecular complexity index is 1130. The number of nitro groups is 2. The van der Waals surface area contributed by atoms with Crippen LogP contribution < -0.4 is 10.2 Å². The van der Waals surface area contributed by atoms with E-state index in [1.807, 2.05) is 0 Å². The van der Waals surface area contributed by atoms with Crippen LogP contribution in [0.2, 0.25) is 9.88 Å². The predicted molar refractivity (Wildman–Crippen MR) is 121 cm³/mol. The molecule has 0 N–H and O–H groups in total. The molecule has 0 amide bonds. The summed E-state index contributed by atoms with van der Waals surface area (Å²) in [4.78, 5) is 37.1. The van der Waals surface area contributed by atoms with Gasteiger partial charge in [-0.3, -0.25) is 30.2 Å². The van der Waals surface area contributed by atoms with E-state index in [0.29, 0.717) is 11.4 Å². The van der Waals surface area contributed by atoms with E-state index in [-0.39, 0.29) is 43.9 Å². The van der Waals surface area contributed by atoms with Crippen LogP contribution >= 0.6 is 0 Å². The van der Waals surface area contributed by atoms with E-state index in [0.717, 1.165) is 36.4 Å². The van der Waals surface area contributed by atoms with Gasteiger partial charge in [0, 0.05) is 24.3 Å². The number of rotatable bonds is 6. The number of pyridine rings is 1. The van der Waals surface area contributed by atoms with Crippen molar-refractivity contribution < 1.29 is 20.1 Å². The molecule has 0 spiro atoms. The molecule has 0 saturated heterocycles. The van der Waals surface area contributed by atoms with Crippen LogP contribution in [0.25, 0.3) is 0 Å². The molecule has 11 nitrogen and oxygen atoms in total. The quantitative estimate of drug-likeness (QED) is 0.195. The topological polar surface area (TPSA) is 170 Å². The number of hydrogen-bond donors (Lipinski definition) is 0. The third-order valence-corrected chi connectivity index (χ3v) is 3.77. The van der Waals surface area contributed by atoms with Gasteiger partial charge >= 0.3 is 31.0 Å². The molecule has 3 aromatic rings. The van der Waals surface area contributed by atoms with Gasteiger partial charge in [0.1, 0.15) is 0 Å². The van der Waals surface area contributed by atoms with Gasteiger partial charge in [-0.1, -0.05) is 29.7 Å². The second-order valence-corrected chi connectivity index (χ2v) is 9.18. The van der Waals surface area contributed by atoms with Crippen LogP contribution in [0.15, 0.2) is 64.6 Å². The Balaban J connectivity index is 0.00000122. The summed E-state index contributed by atoms with van der Waals surface area (Å²) in [5.74, 6) is -0.966. The fourth-order valence-electron chi connectivity index (χ4n) is 2.32. The van der Waals surface area contributed by atoms with Crippen LogP contribution in [-0.4, -0.2) is 48.4 Å². The van der Waals surface area contributed by atoms with Crippen LogP contribution in [0.5, 0.6) is 11.5 Å². The van der Waals surface area contributed by atoms with E-state index in [2.05, 4.69) is 24.8 Å². The summed E-state index contributed by atoms with van der Waals surface area (Å²) < 4.78 is 0. The van der Waals surface area contributed by atoms with Gasteiger partial charge in [-0.2, -0.15) is 0 Å². The zero-order valence-electron chi connectivity index (χ0n) is 17.5. The first-order chi connectivity index (χ1) is 15.7. The van der Waals surface area contributed by atoms with Crippen LogP contribution in [-0.2, 0) is 0 Å². The number of nitrogens with zero attached hydrogens (tertiary/aromatic N) is 5. The Labute approximate surface area is 198 Å². The van der Waals surface area contributed by atoms with Gasteiger partial charge in [0.2, 0.25) is 0 Å². The van der Waals surface area contributed by atoms with Crippen molar-refractivity contribution in [3.63, 3.8) is 0 Å². The van der Waals surface area contributed by atoms with Crippen molar-refractivity contribution in [3.8, 4) is 11.5 Å². The fourth-order valence-corrected chi connectivity index (χ4v) is 2.32. The minimum absolute atomic E-state index is 0.113. The van der Waals surface area contributed by atoms with Crippen molar-refractivity contribution in [2.45, 2.75) is 9.88 Å². The molecule has 12 heteroatoms. The van der Waals surface area contributed by atoms with E-state index in [1.165, 1.54) is 12.4 Å². The van der Waals surface area contributed by atoms with Crippen LogP contribution in [0, 0.1) is 20.2 Å². The summed E-state index contributed by atoms with van der Waals surface area (Å²) in [5, 5.41) is 45.2. The standard InChI is InChI=1S/C19H13N5O6.2CH3.Sn/c25-18-6-4-14(23(27)28)8-16(18)20-10-12-2-1-3-13(22-12)11-21-17-9-15(24(29)30)5-7-19(17)26;;;/h1-11,25-26H;2*1H3;/q;;;+2/p-2. The summed E-state index contributed by atoms with van der Waals surface area (Å²) in [6.45, 7) is 0. The zero-order chi connectivity index (χ0) is 24.4. The van der Waals surface area contributed by atoms with Gasteiger partial charge in [-0.25, -0.2) is 4.98 Å². The third-order valence-electron chi connectivity index (χ3n) is 3.77. The Morgan fingerprint density at radius 2 is 1.18 bits per heavy atom. The maximum atomic E-state index is 11.8. The first kappa shape index (κ1) is 25.4. The molecule has 0 aliphatic carbocycles. The van der Waals surface area contributed by atoms with Crippen LogP contribution in [0.1, 0.15) is 11.4 Å². The molecule has 0 fully saturated rings. The Morgan fingerprint density at radius 3 is 1.55 bits per heavy atom. The summed E-state index contributed by atoms with van der Waals surface area (Å²) in [6.07, 6.45) is 2.51. The van der Waals surface area contributed by atoms with E-state index in [9.17, 15) is 30.4 Å². The average molecular weight is 554 g/mol. The van der Waals surface area contributed by atoms with Crippen molar-refractivity contribution >= 4 is 56.3 Å². The molecule has 0 unspecified atom stereocenters. The molecule has 1 heterocycles. The normalized spacial score (nSPS) is 10.5. The number of benzene rings is 2. The molecule has 2 aromatic carbocycles. The first-order valence-electron chi connectivity index (χ1n) is 9.29. The monoisotopic (exact) mass is 555 g/mol. The Morgan fingerprint density at radius 1 is 0.788 bits per heavy atom. The molecule has 166 valence electrons. The van der Waals surface area contributed by atoms with Crippen LogP contribution in [0.3, 0.4) is 0 Å². The van der Waals surface area contributed by atoms with E-state index >= 15 is 0 Å². The second kappa shape index (κ2) is 12.2. The number of aliphatic imine (C=N–C) groups is 2. The van der Waals surface area contributed by atoms with Gasteiger partial charge in [0.05, 0.1) is 45.0 Å². The molecule has 0 aliphatic heterocycles. The van der Waals surface area contributed by atoms with E-state index in [1.54, 1.807) is 18.2 Å². The van der Waals surface area contributed by atoms with Gasteiger partial charge in [0.25, 0.3) is 11.4 Å². The Kier molecular flexibility index (Phi) is 9.42. The molecule has 1 aromatic heterocycles. The van der Waals surface area contributed by atoms with Crippen molar-refractivity contribution in [1.29, 1.82) is 0 Å². The number of nitro benzene ring substituents is 2. The van der Waals surface area contributed by atoms with Crippen LogP contribution in [0.4, 0.5) is 22.7 Å². The zero-order valence-corrected chi connectivity index (χ0v) is 20.4. The number of hydrogen-bond acceptors (Lipinski definition) is 9. The van der Waals surface area contributed by atoms with Crippen molar-refractivity contribution in [3.05, 3.63) is 86.2 Å². The fraction of sp³-hybridized carbons (Fsp3) is 0.0952. The summed E-state index contributed by atoms with van der Waals surface area (Å²) >= 11 is 0.230. The number of non-ortho nitro benzene ring substituents is 2. The van der Waals surface area contributed by atoms with Gasteiger partial charge in [-0.05, 0) is 12.1 Å². The average Bonchev–Trinajstić information content (AvgIpc) is 2.78. The maximum absolute atomic E-state index is 11.8. The first-order valence-corrected chi connectivity index (χ1v) is 15.0. The number of aromatic nitrogens is 1. The third kappa shape index (κ3) is 7.64. The minimum atomic E-state index is -0.633. The molecular formula is C21H17N5O6Sn. The van der Waals surface area contributed by atoms with E-state index < -0.39 is 21.3 Å². The molecule has 3 rings (SSSR count). The second-order valence-electron chi connectivity index (χ2n) is 6.32. The van der Waals surface area contributed by atoms with E-state index in [4.69, 9.17) is 0 Å². The predicted octanol–water partition coefficient (Wildman–Crippen LogP) is 3.33. The van der Waals surface area contributed by atoms with Crippen molar-refractivity contribution in [2.75, 3.05) is 0 Å². The van der Waals surface area contributed by atoms with Gasteiger partial charge < -0.3 is 10.2 Å². The summed E-state index contributed by atoms with van der Waals surface area (Å²) in [5.41, 5.74) is -0.102. The molecule has 0 atom stereocenters.